The van der Waals surface area contributed by atoms with Gasteiger partial charge < -0.3 is 0 Å². The van der Waals surface area contributed by atoms with Gasteiger partial charge >= 0.3 is 0 Å². The van der Waals surface area contributed by atoms with Gasteiger partial charge in [-0.2, -0.15) is 5.26 Å². The third-order valence-electron chi connectivity index (χ3n) is 2.26. The van der Waals surface area contributed by atoms with E-state index in [2.05, 4.69) is 6.58 Å². The number of nitrogens with zero attached hydrogens (tertiary/aromatic N) is 1. The molecule has 84 valence electrons. The summed E-state index contributed by atoms with van der Waals surface area (Å²) >= 11 is 0. The van der Waals surface area contributed by atoms with Gasteiger partial charge in [-0.1, -0.05) is 43.0 Å². The summed E-state index contributed by atoms with van der Waals surface area (Å²) in [6.07, 6.45) is 4.67. The predicted octanol–water partition coefficient (Wildman–Crippen LogP) is 3.29. The van der Waals surface area contributed by atoms with Crippen molar-refractivity contribution < 1.29 is 4.79 Å². The largest absolute Gasteiger partial charge is 0.289 e. The van der Waals surface area contributed by atoms with E-state index in [0.717, 1.165) is 5.56 Å². The van der Waals surface area contributed by atoms with E-state index in [9.17, 15) is 4.79 Å². The van der Waals surface area contributed by atoms with E-state index in [1.807, 2.05) is 36.4 Å². The summed E-state index contributed by atoms with van der Waals surface area (Å²) in [6, 6.07) is 11.6. The van der Waals surface area contributed by atoms with Gasteiger partial charge in [0.1, 0.15) is 0 Å². The first-order valence-corrected chi connectivity index (χ1v) is 5.20. The second-order valence-corrected chi connectivity index (χ2v) is 3.46. The van der Waals surface area contributed by atoms with Crippen LogP contribution in [-0.2, 0) is 4.79 Å². The minimum atomic E-state index is -0.240. The lowest BCUT2D eigenvalue weighted by atomic mass is 10.0. The Morgan fingerprint density at radius 3 is 2.53 bits per heavy atom. The average Bonchev–Trinajstić information content (AvgIpc) is 2.39. The van der Waals surface area contributed by atoms with Crippen molar-refractivity contribution in [3.63, 3.8) is 0 Å². The lowest BCUT2D eigenvalue weighted by molar-refractivity contribution is -0.111. The molecule has 0 amide bonds. The second-order valence-electron chi connectivity index (χ2n) is 3.46. The zero-order valence-electron chi connectivity index (χ0n) is 9.68. The fourth-order valence-electron chi connectivity index (χ4n) is 1.31. The summed E-state index contributed by atoms with van der Waals surface area (Å²) in [4.78, 5) is 11.6. The first-order chi connectivity index (χ1) is 8.19. The van der Waals surface area contributed by atoms with Gasteiger partial charge in [-0.3, -0.25) is 4.79 Å². The Morgan fingerprint density at radius 1 is 1.35 bits per heavy atom. The van der Waals surface area contributed by atoms with Crippen molar-refractivity contribution in [2.24, 2.45) is 0 Å². The number of carbonyl (C=O) groups excluding carboxylic acids is 1. The van der Waals surface area contributed by atoms with Gasteiger partial charge in [0.25, 0.3) is 0 Å². The van der Waals surface area contributed by atoms with E-state index in [-0.39, 0.29) is 5.78 Å². The first kappa shape index (κ1) is 12.7. The molecule has 0 radical (unpaired) electrons. The molecule has 0 saturated heterocycles. The van der Waals surface area contributed by atoms with Crippen LogP contribution in [0.4, 0.5) is 0 Å². The van der Waals surface area contributed by atoms with Crippen molar-refractivity contribution in [2.75, 3.05) is 0 Å². The van der Waals surface area contributed by atoms with Crippen LogP contribution in [0, 0.1) is 11.3 Å². The Morgan fingerprint density at radius 2 is 2.00 bits per heavy atom. The minimum absolute atomic E-state index is 0.240. The number of ketones is 1. The molecule has 17 heavy (non-hydrogen) atoms. The number of nitriles is 1. The van der Waals surface area contributed by atoms with E-state index < -0.39 is 0 Å². The number of allylic oxidation sites excluding steroid dienone is 4. The number of rotatable bonds is 4. The van der Waals surface area contributed by atoms with Crippen LogP contribution in [0.1, 0.15) is 12.5 Å². The monoisotopic (exact) mass is 223 g/mol. The Hall–Kier alpha value is -2.40. The molecule has 0 aliphatic rings. The molecular formula is C15H13NO. The first-order valence-electron chi connectivity index (χ1n) is 5.20. The van der Waals surface area contributed by atoms with Crippen molar-refractivity contribution in [2.45, 2.75) is 6.92 Å². The van der Waals surface area contributed by atoms with Crippen molar-refractivity contribution in [1.82, 2.24) is 0 Å². The van der Waals surface area contributed by atoms with Crippen LogP contribution in [0.3, 0.4) is 0 Å². The lowest BCUT2D eigenvalue weighted by Gasteiger charge is -1.98. The van der Waals surface area contributed by atoms with E-state index >= 15 is 0 Å². The molecule has 0 aliphatic carbocycles. The second kappa shape index (κ2) is 6.24. The molecule has 0 bridgehead atoms. The van der Waals surface area contributed by atoms with Gasteiger partial charge in [0.05, 0.1) is 6.07 Å². The zero-order chi connectivity index (χ0) is 12.7. The molecule has 2 nitrogen and oxygen atoms in total. The molecule has 0 fully saturated rings. The highest BCUT2D eigenvalue weighted by atomic mass is 16.1. The van der Waals surface area contributed by atoms with Gasteiger partial charge in [-0.15, -0.1) is 0 Å². The van der Waals surface area contributed by atoms with Crippen molar-refractivity contribution >= 4 is 11.9 Å². The number of hydrogen-bond acceptors (Lipinski definition) is 2. The number of benzene rings is 1. The topological polar surface area (TPSA) is 40.9 Å². The fourth-order valence-corrected chi connectivity index (χ4v) is 1.31. The Kier molecular flexibility index (Phi) is 4.65. The number of hydrogen-bond donors (Lipinski definition) is 0. The van der Waals surface area contributed by atoms with E-state index in [1.165, 1.54) is 6.08 Å². The molecule has 0 saturated carbocycles. The molecule has 0 N–H and O–H groups in total. The third-order valence-corrected chi connectivity index (χ3v) is 2.26. The fraction of sp³-hybridized carbons (Fsp3) is 0.0667. The highest BCUT2D eigenvalue weighted by Crippen LogP contribution is 2.10. The summed E-state index contributed by atoms with van der Waals surface area (Å²) in [5.74, 6) is -0.240. The Labute approximate surface area is 101 Å². The van der Waals surface area contributed by atoms with E-state index in [4.69, 9.17) is 5.26 Å². The summed E-state index contributed by atoms with van der Waals surface area (Å²) in [5.41, 5.74) is 1.75. The molecule has 2 heteroatoms. The maximum Gasteiger partial charge on any atom is 0.186 e. The molecule has 0 atom stereocenters. The van der Waals surface area contributed by atoms with E-state index in [0.29, 0.717) is 11.1 Å². The lowest BCUT2D eigenvalue weighted by Crippen LogP contribution is -1.97. The Balaban J connectivity index is 3.05. The molecule has 0 heterocycles. The summed E-state index contributed by atoms with van der Waals surface area (Å²) in [5, 5.41) is 8.82. The van der Waals surface area contributed by atoms with Crippen LogP contribution in [0.5, 0.6) is 0 Å². The third kappa shape index (κ3) is 3.58. The molecule has 0 aliphatic heterocycles. The Bertz CT molecular complexity index is 516. The summed E-state index contributed by atoms with van der Waals surface area (Å²) < 4.78 is 0. The number of carbonyl (C=O) groups is 1. The van der Waals surface area contributed by atoms with Crippen LogP contribution in [0.15, 0.2) is 60.2 Å². The minimum Gasteiger partial charge on any atom is -0.289 e. The van der Waals surface area contributed by atoms with Crippen molar-refractivity contribution in [3.05, 3.63) is 65.8 Å². The average molecular weight is 223 g/mol. The van der Waals surface area contributed by atoms with Gasteiger partial charge in [-0.25, -0.2) is 0 Å². The molecule has 1 rings (SSSR count). The molecule has 0 unspecified atom stereocenters. The molecule has 1 aromatic carbocycles. The smallest absolute Gasteiger partial charge is 0.186 e. The standard InChI is InChI=1S/C15H13NO/c1-3-15(17)14(12(2)11-16)10-9-13-7-5-4-6-8-13/h3-10H,1H2,2H3. The molecule has 0 spiro atoms. The van der Waals surface area contributed by atoms with Gasteiger partial charge in [0, 0.05) is 11.1 Å². The quantitative estimate of drug-likeness (QED) is 0.446. The zero-order valence-corrected chi connectivity index (χ0v) is 9.68. The summed E-state index contributed by atoms with van der Waals surface area (Å²) in [7, 11) is 0. The highest BCUT2D eigenvalue weighted by Gasteiger charge is 2.05. The molecular weight excluding hydrogens is 210 g/mol. The molecule has 0 aromatic heterocycles. The normalized spacial score (nSPS) is 11.8. The predicted molar refractivity (Wildman–Crippen MR) is 69.0 cm³/mol. The molecule has 1 aromatic rings. The maximum atomic E-state index is 11.6. The van der Waals surface area contributed by atoms with Crippen LogP contribution < -0.4 is 0 Å². The van der Waals surface area contributed by atoms with Gasteiger partial charge in [-0.05, 0) is 24.6 Å². The van der Waals surface area contributed by atoms with Crippen molar-refractivity contribution in [3.8, 4) is 6.07 Å². The van der Waals surface area contributed by atoms with Crippen LogP contribution >= 0.6 is 0 Å². The highest BCUT2D eigenvalue weighted by molar-refractivity contribution is 6.07. The van der Waals surface area contributed by atoms with Crippen LogP contribution in [-0.4, -0.2) is 5.78 Å². The maximum absolute atomic E-state index is 11.6. The van der Waals surface area contributed by atoms with Crippen LogP contribution in [0.2, 0.25) is 0 Å². The van der Waals surface area contributed by atoms with Gasteiger partial charge in [0.15, 0.2) is 5.78 Å². The van der Waals surface area contributed by atoms with Gasteiger partial charge in [0.2, 0.25) is 0 Å². The van der Waals surface area contributed by atoms with Crippen molar-refractivity contribution in [1.29, 1.82) is 5.26 Å². The summed E-state index contributed by atoms with van der Waals surface area (Å²) in [6.45, 7) is 5.04. The van der Waals surface area contributed by atoms with Crippen LogP contribution in [0.25, 0.3) is 6.08 Å². The van der Waals surface area contributed by atoms with E-state index in [1.54, 1.807) is 19.1 Å². The SMILES string of the molecule is C=CC(=O)C(C=Cc1ccccc1)=C(C)C#N.